The van der Waals surface area contributed by atoms with E-state index < -0.39 is 21.8 Å². The van der Waals surface area contributed by atoms with Crippen LogP contribution in [-0.2, 0) is 4.74 Å². The third-order valence-electron chi connectivity index (χ3n) is 4.37. The fourth-order valence-electron chi connectivity index (χ4n) is 2.73. The van der Waals surface area contributed by atoms with E-state index in [1.807, 2.05) is 0 Å². The van der Waals surface area contributed by atoms with Gasteiger partial charge in [-0.25, -0.2) is 4.79 Å². The van der Waals surface area contributed by atoms with E-state index in [9.17, 15) is 9.59 Å². The Bertz CT molecular complexity index is 1020. The Hall–Kier alpha value is -2.66. The zero-order chi connectivity index (χ0) is 25.5. The van der Waals surface area contributed by atoms with Gasteiger partial charge in [0.2, 0.25) is 9.54 Å². The molecule has 34 heavy (non-hydrogen) atoms. The Kier molecular flexibility index (Phi) is 9.87. The molecular weight excluding hydrogens is 529 g/mol. The lowest BCUT2D eigenvalue weighted by Crippen LogP contribution is -2.56. The Balaban J connectivity index is 2.17. The van der Waals surface area contributed by atoms with Crippen molar-refractivity contribution in [2.24, 2.45) is 0 Å². The third kappa shape index (κ3) is 7.17. The zero-order valence-corrected chi connectivity index (χ0v) is 21.6. The Morgan fingerprint density at radius 3 is 1.88 bits per heavy atom. The summed E-state index contributed by atoms with van der Waals surface area (Å²) in [6, 6.07) is 9.22. The Morgan fingerprint density at radius 1 is 0.882 bits per heavy atom. The van der Waals surface area contributed by atoms with E-state index in [-0.39, 0.29) is 22.2 Å². The highest BCUT2D eigenvalue weighted by molar-refractivity contribution is 7.80. The van der Waals surface area contributed by atoms with Crippen molar-refractivity contribution in [3.8, 4) is 17.2 Å². The van der Waals surface area contributed by atoms with Crippen molar-refractivity contribution in [1.29, 1.82) is 0 Å². The number of carbonyl (C=O) groups is 2. The molecule has 0 radical (unpaired) electrons. The molecule has 0 bridgehead atoms. The van der Waals surface area contributed by atoms with Crippen LogP contribution >= 0.6 is 47.0 Å². The Morgan fingerprint density at radius 2 is 1.44 bits per heavy atom. The van der Waals surface area contributed by atoms with Gasteiger partial charge in [-0.3, -0.25) is 4.79 Å². The number of halogens is 3. The minimum atomic E-state index is -1.98. The fraction of sp³-hybridized carbons (Fsp3) is 0.286. The summed E-state index contributed by atoms with van der Waals surface area (Å²) >= 11 is 23.5. The summed E-state index contributed by atoms with van der Waals surface area (Å²) in [5, 5.41) is 8.25. The molecule has 184 valence electrons. The molecule has 1 amide bonds. The van der Waals surface area contributed by atoms with Crippen LogP contribution in [0, 0.1) is 0 Å². The highest BCUT2D eigenvalue weighted by atomic mass is 35.6. The Labute approximate surface area is 216 Å². The van der Waals surface area contributed by atoms with Gasteiger partial charge >= 0.3 is 5.97 Å². The fourth-order valence-corrected chi connectivity index (χ4v) is 3.30. The molecule has 0 heterocycles. The van der Waals surface area contributed by atoms with Gasteiger partial charge in [0.1, 0.15) is 6.17 Å². The van der Waals surface area contributed by atoms with E-state index in [0.717, 1.165) is 0 Å². The zero-order valence-electron chi connectivity index (χ0n) is 18.5. The molecule has 0 saturated carbocycles. The number of thiocarbonyl (C=S) groups is 1. The van der Waals surface area contributed by atoms with E-state index in [2.05, 4.69) is 20.7 Å². The summed E-state index contributed by atoms with van der Waals surface area (Å²) in [7, 11) is 5.58. The van der Waals surface area contributed by atoms with E-state index in [1.165, 1.54) is 40.6 Å². The number of rotatable bonds is 8. The average Bonchev–Trinajstić information content (AvgIpc) is 2.81. The molecule has 0 aliphatic heterocycles. The first-order valence-electron chi connectivity index (χ1n) is 9.47. The van der Waals surface area contributed by atoms with Crippen LogP contribution < -0.4 is 30.2 Å². The van der Waals surface area contributed by atoms with Crippen LogP contribution in [0.15, 0.2) is 36.4 Å². The molecule has 0 aliphatic rings. The molecule has 3 N–H and O–H groups in total. The minimum absolute atomic E-state index is 0.0485. The van der Waals surface area contributed by atoms with Crippen LogP contribution in [0.2, 0.25) is 0 Å². The lowest BCUT2D eigenvalue weighted by molar-refractivity contribution is 0.0600. The molecule has 2 aromatic rings. The summed E-state index contributed by atoms with van der Waals surface area (Å²) in [5.74, 6) is -0.205. The van der Waals surface area contributed by atoms with Crippen molar-refractivity contribution < 1.29 is 28.5 Å². The molecule has 0 aromatic heterocycles. The molecule has 13 heteroatoms. The molecule has 0 unspecified atom stereocenters. The largest absolute Gasteiger partial charge is 0.493 e. The smallest absolute Gasteiger partial charge is 0.337 e. The number of methoxy groups -OCH3 is 4. The highest BCUT2D eigenvalue weighted by Crippen LogP contribution is 2.38. The minimum Gasteiger partial charge on any atom is -0.493 e. The quantitative estimate of drug-likeness (QED) is 0.195. The predicted molar refractivity (Wildman–Crippen MR) is 135 cm³/mol. The summed E-state index contributed by atoms with van der Waals surface area (Å²) in [5.41, 5.74) is 1.07. The lowest BCUT2D eigenvalue weighted by atomic mass is 10.1. The number of alkyl halides is 3. The molecule has 0 aliphatic carbocycles. The number of anilines is 1. The first kappa shape index (κ1) is 27.6. The van der Waals surface area contributed by atoms with Crippen molar-refractivity contribution in [2.45, 2.75) is 9.96 Å². The standard InChI is InChI=1S/C21H22Cl3N3O6S/c1-30-14-9-12(10-15(31-2)16(14)32-3)17(28)26-19(21(22,23)24)27-20(34)25-13-7-5-11(6-8-13)18(29)33-4/h5-10,19H,1-4H3,(H,26,28)(H2,25,27,34)/t19-/m0/s1. The monoisotopic (exact) mass is 549 g/mol. The first-order valence-corrected chi connectivity index (χ1v) is 11.0. The number of benzene rings is 2. The second-order valence-corrected chi connectivity index (χ2v) is 9.31. The number of hydrogen-bond acceptors (Lipinski definition) is 7. The number of nitrogens with one attached hydrogen (secondary N) is 3. The van der Waals surface area contributed by atoms with E-state index in [4.69, 9.17) is 61.2 Å². The maximum Gasteiger partial charge on any atom is 0.337 e. The first-order chi connectivity index (χ1) is 16.0. The molecule has 1 atom stereocenters. The van der Waals surface area contributed by atoms with Crippen molar-refractivity contribution in [3.05, 3.63) is 47.5 Å². The van der Waals surface area contributed by atoms with Gasteiger partial charge in [0.05, 0.1) is 34.0 Å². The SMILES string of the molecule is COC(=O)c1ccc(NC(=S)N[C@H](NC(=O)c2cc(OC)c(OC)c(OC)c2)C(Cl)(Cl)Cl)cc1. The van der Waals surface area contributed by atoms with Gasteiger partial charge in [0.15, 0.2) is 16.6 Å². The molecule has 0 fully saturated rings. The van der Waals surface area contributed by atoms with E-state index in [1.54, 1.807) is 24.3 Å². The normalized spacial score (nSPS) is 11.6. The summed E-state index contributed by atoms with van der Waals surface area (Å²) in [4.78, 5) is 24.5. The molecule has 2 rings (SSSR count). The second kappa shape index (κ2) is 12.2. The number of amides is 1. The molecule has 0 spiro atoms. The summed E-state index contributed by atoms with van der Waals surface area (Å²) in [6.45, 7) is 0. The highest BCUT2D eigenvalue weighted by Gasteiger charge is 2.35. The van der Waals surface area contributed by atoms with Crippen LogP contribution in [0.25, 0.3) is 0 Å². The van der Waals surface area contributed by atoms with Gasteiger partial charge in [-0.15, -0.1) is 0 Å². The van der Waals surface area contributed by atoms with Gasteiger partial charge in [-0.2, -0.15) is 0 Å². The molecule has 9 nitrogen and oxygen atoms in total. The van der Waals surface area contributed by atoms with Crippen LogP contribution in [-0.4, -0.2) is 55.4 Å². The predicted octanol–water partition coefficient (Wildman–Crippen LogP) is 3.91. The van der Waals surface area contributed by atoms with Gasteiger partial charge in [-0.05, 0) is 48.6 Å². The molecule has 0 saturated heterocycles. The number of ether oxygens (including phenoxy) is 4. The third-order valence-corrected chi connectivity index (χ3v) is 5.24. The number of hydrogen-bond donors (Lipinski definition) is 3. The van der Waals surface area contributed by atoms with E-state index >= 15 is 0 Å². The number of carbonyl (C=O) groups excluding carboxylic acids is 2. The lowest BCUT2D eigenvalue weighted by Gasteiger charge is -2.28. The van der Waals surface area contributed by atoms with Gasteiger partial charge in [0.25, 0.3) is 5.91 Å². The van der Waals surface area contributed by atoms with Crippen LogP contribution in [0.4, 0.5) is 5.69 Å². The van der Waals surface area contributed by atoms with Crippen LogP contribution in [0.5, 0.6) is 17.2 Å². The molecular formula is C21H22Cl3N3O6S. The van der Waals surface area contributed by atoms with E-state index in [0.29, 0.717) is 17.0 Å². The van der Waals surface area contributed by atoms with Crippen LogP contribution in [0.3, 0.4) is 0 Å². The molecule has 2 aromatic carbocycles. The van der Waals surface area contributed by atoms with Gasteiger partial charge in [-0.1, -0.05) is 34.8 Å². The second-order valence-electron chi connectivity index (χ2n) is 6.53. The summed E-state index contributed by atoms with van der Waals surface area (Å²) < 4.78 is 18.5. The van der Waals surface area contributed by atoms with Crippen LogP contribution in [0.1, 0.15) is 20.7 Å². The van der Waals surface area contributed by atoms with Crippen molar-refractivity contribution in [1.82, 2.24) is 10.6 Å². The summed E-state index contributed by atoms with van der Waals surface area (Å²) in [6.07, 6.45) is -1.22. The van der Waals surface area contributed by atoms with Crippen molar-refractivity contribution in [3.63, 3.8) is 0 Å². The maximum absolute atomic E-state index is 12.9. The topological polar surface area (TPSA) is 107 Å². The van der Waals surface area contributed by atoms with Crippen molar-refractivity contribution in [2.75, 3.05) is 33.8 Å². The van der Waals surface area contributed by atoms with Crippen molar-refractivity contribution >= 4 is 69.7 Å². The average molecular weight is 551 g/mol. The number of esters is 1. The van der Waals surface area contributed by atoms with Gasteiger partial charge in [0, 0.05) is 11.3 Å². The van der Waals surface area contributed by atoms with Gasteiger partial charge < -0.3 is 34.9 Å². The maximum atomic E-state index is 12.9.